The van der Waals surface area contributed by atoms with E-state index in [1.807, 2.05) is 21.1 Å². The number of allylic oxidation sites excluding steroid dienone is 30. The molecule has 9 heteroatoms. The fourth-order valence-corrected chi connectivity index (χ4v) is 8.19. The summed E-state index contributed by atoms with van der Waals surface area (Å²) in [6.45, 7) is 4.43. The van der Waals surface area contributed by atoms with Gasteiger partial charge in [0.05, 0.1) is 40.3 Å². The molecule has 0 aliphatic rings. The van der Waals surface area contributed by atoms with Gasteiger partial charge in [-0.25, -0.2) is 0 Å². The van der Waals surface area contributed by atoms with E-state index in [-0.39, 0.29) is 38.6 Å². The average molecular weight is 1170 g/mol. The van der Waals surface area contributed by atoms with Gasteiger partial charge in [-0.1, -0.05) is 260 Å². The van der Waals surface area contributed by atoms with Crippen LogP contribution in [0.1, 0.15) is 219 Å². The van der Waals surface area contributed by atoms with Gasteiger partial charge in [0.1, 0.15) is 13.2 Å². The van der Waals surface area contributed by atoms with Crippen LogP contribution in [0.4, 0.5) is 0 Å². The summed E-state index contributed by atoms with van der Waals surface area (Å²) < 4.78 is 22.7. The number of aliphatic carboxylic acids is 1. The quantitative estimate of drug-likeness (QED) is 0.0195. The molecule has 0 rings (SSSR count). The van der Waals surface area contributed by atoms with Crippen LogP contribution in [0.15, 0.2) is 182 Å². The Bertz CT molecular complexity index is 2050. The standard InChI is InChI=1S/C76H119NO8/c1-6-8-10-12-14-16-18-20-22-24-26-28-30-32-34-36-37-39-40-42-44-46-48-50-52-54-56-58-60-62-64-66-73(78)83-70-72(71-84-76(75(80)81)82-69-68-77(3,4)5)85-74(79)67-65-63-61-59-57-55-53-51-49-47-45-43-41-38-35-33-31-29-27-25-23-21-19-17-15-13-11-9-7-2/h8-11,14-17,20-23,26-29,32-35,37,39,41,43,47,49,53,55,59,61,72,76H,6-7,12-13,18-19,24-25,30-31,36,38,40,42,44-46,48,50-52,54,56-58,60,62-71H2,1-5H3/b10-8-,11-9-,16-14-,17-15-,22-20-,23-21-,28-26-,29-27-,34-32-,35-33-,39-37-,43-41-,49-47-,55-53-,61-59-. The number of unbranched alkanes of at least 4 members (excludes halogenated alkanes) is 13. The highest BCUT2D eigenvalue weighted by atomic mass is 16.7. The van der Waals surface area contributed by atoms with Gasteiger partial charge in [-0.3, -0.25) is 9.59 Å². The van der Waals surface area contributed by atoms with Crippen molar-refractivity contribution in [1.29, 1.82) is 0 Å². The molecule has 0 saturated carbocycles. The number of carboxylic acids is 1. The molecular weight excluding hydrogens is 1050 g/mol. The molecular formula is C76H119NO8. The van der Waals surface area contributed by atoms with Crippen LogP contribution < -0.4 is 5.11 Å². The SMILES string of the molecule is CC/C=C\C/C=C\C/C=C\C/C=C\C/C=C\C/C=C\C/C=C\C/C=C\C/C=C\CCCC(=O)OC(COC(=O)CCCCCCCCCCCCCC/C=C\C/C=C\C/C=C\C/C=C\C/C=C\C/C=C\CC)COC(OCC[N+](C)(C)C)C(=O)[O-]. The van der Waals surface area contributed by atoms with Crippen molar-refractivity contribution in [2.45, 2.75) is 232 Å². The summed E-state index contributed by atoms with van der Waals surface area (Å²) in [6.07, 6.45) is 95.3. The highest BCUT2D eigenvalue weighted by Crippen LogP contribution is 2.15. The number of likely N-dealkylation sites (N-methyl/N-ethyl adjacent to an activating group) is 1. The zero-order chi connectivity index (χ0) is 61.9. The molecule has 2 atom stereocenters. The minimum Gasteiger partial charge on any atom is -0.545 e. The Hall–Kier alpha value is -5.61. The smallest absolute Gasteiger partial charge is 0.306 e. The predicted molar refractivity (Wildman–Crippen MR) is 361 cm³/mol. The molecule has 0 heterocycles. The molecule has 0 saturated heterocycles. The van der Waals surface area contributed by atoms with Gasteiger partial charge in [-0.15, -0.1) is 0 Å². The Morgan fingerprint density at radius 1 is 0.353 bits per heavy atom. The number of esters is 2. The van der Waals surface area contributed by atoms with Crippen LogP contribution in [-0.4, -0.2) is 82.3 Å². The third-order valence-corrected chi connectivity index (χ3v) is 13.1. The monoisotopic (exact) mass is 1170 g/mol. The lowest BCUT2D eigenvalue weighted by atomic mass is 10.0. The molecule has 0 aliphatic heterocycles. The summed E-state index contributed by atoms with van der Waals surface area (Å²) in [4.78, 5) is 37.4. The van der Waals surface area contributed by atoms with E-state index in [0.717, 1.165) is 122 Å². The Morgan fingerprint density at radius 3 is 0.976 bits per heavy atom. The summed E-state index contributed by atoms with van der Waals surface area (Å²) in [5, 5.41) is 11.8. The maximum Gasteiger partial charge on any atom is 0.306 e. The largest absolute Gasteiger partial charge is 0.545 e. The first-order valence-corrected chi connectivity index (χ1v) is 32.9. The van der Waals surface area contributed by atoms with Gasteiger partial charge in [-0.05, 0) is 128 Å². The summed E-state index contributed by atoms with van der Waals surface area (Å²) in [7, 11) is 5.89. The van der Waals surface area contributed by atoms with Gasteiger partial charge in [0.25, 0.3) is 0 Å². The molecule has 476 valence electrons. The summed E-state index contributed by atoms with van der Waals surface area (Å²) in [5.74, 6) is -2.39. The minimum absolute atomic E-state index is 0.126. The molecule has 0 aliphatic carbocycles. The topological polar surface area (TPSA) is 111 Å². The molecule has 0 bridgehead atoms. The van der Waals surface area contributed by atoms with Crippen molar-refractivity contribution in [3.8, 4) is 0 Å². The zero-order valence-electron chi connectivity index (χ0n) is 54.1. The second-order valence-electron chi connectivity index (χ2n) is 22.3. The molecule has 0 aromatic rings. The van der Waals surface area contributed by atoms with E-state index in [1.165, 1.54) is 57.8 Å². The van der Waals surface area contributed by atoms with E-state index in [9.17, 15) is 19.5 Å². The Labute approximate surface area is 519 Å². The van der Waals surface area contributed by atoms with E-state index in [2.05, 4.69) is 196 Å². The van der Waals surface area contributed by atoms with Gasteiger partial charge in [0.2, 0.25) is 0 Å². The van der Waals surface area contributed by atoms with Crippen LogP contribution in [-0.2, 0) is 33.3 Å². The van der Waals surface area contributed by atoms with Crippen molar-refractivity contribution in [1.82, 2.24) is 0 Å². The Morgan fingerprint density at radius 2 is 0.647 bits per heavy atom. The normalized spacial score (nSPS) is 13.9. The Balaban J connectivity index is 4.32. The van der Waals surface area contributed by atoms with Crippen LogP contribution >= 0.6 is 0 Å². The van der Waals surface area contributed by atoms with E-state index < -0.39 is 24.3 Å². The van der Waals surface area contributed by atoms with E-state index >= 15 is 0 Å². The lowest BCUT2D eigenvalue weighted by Crippen LogP contribution is -2.44. The molecule has 0 fully saturated rings. The number of rotatable bonds is 58. The molecule has 0 radical (unpaired) electrons. The first-order chi connectivity index (χ1) is 41.6. The van der Waals surface area contributed by atoms with Crippen LogP contribution in [0.5, 0.6) is 0 Å². The average Bonchev–Trinajstić information content (AvgIpc) is 3.48. The second-order valence-corrected chi connectivity index (χ2v) is 22.3. The second kappa shape index (κ2) is 64.4. The molecule has 85 heavy (non-hydrogen) atoms. The fraction of sp³-hybridized carbons (Fsp3) is 0.566. The first kappa shape index (κ1) is 79.4. The van der Waals surface area contributed by atoms with Crippen molar-refractivity contribution < 1.29 is 42.9 Å². The maximum atomic E-state index is 12.9. The number of ether oxygens (including phenoxy) is 4. The molecule has 9 nitrogen and oxygen atoms in total. The zero-order valence-corrected chi connectivity index (χ0v) is 54.1. The van der Waals surface area contributed by atoms with Gasteiger partial charge in [0, 0.05) is 12.8 Å². The molecule has 0 aromatic heterocycles. The third kappa shape index (κ3) is 65.8. The number of quaternary nitrogens is 1. The van der Waals surface area contributed by atoms with Crippen LogP contribution in [0.25, 0.3) is 0 Å². The molecule has 0 spiro atoms. The number of carbonyl (C=O) groups excluding carboxylic acids is 3. The lowest BCUT2D eigenvalue weighted by Gasteiger charge is -2.26. The Kier molecular flexibility index (Phi) is 60.1. The van der Waals surface area contributed by atoms with Crippen LogP contribution in [0.3, 0.4) is 0 Å². The number of nitrogens with zero attached hydrogens (tertiary/aromatic N) is 1. The van der Waals surface area contributed by atoms with Crippen molar-refractivity contribution in [2.75, 3.05) is 47.5 Å². The molecule has 2 unspecified atom stereocenters. The van der Waals surface area contributed by atoms with E-state index in [0.29, 0.717) is 23.9 Å². The van der Waals surface area contributed by atoms with Crippen molar-refractivity contribution in [3.05, 3.63) is 182 Å². The van der Waals surface area contributed by atoms with Crippen molar-refractivity contribution in [2.24, 2.45) is 0 Å². The number of carbonyl (C=O) groups is 3. The van der Waals surface area contributed by atoms with Crippen molar-refractivity contribution >= 4 is 17.9 Å². The van der Waals surface area contributed by atoms with Crippen molar-refractivity contribution in [3.63, 3.8) is 0 Å². The van der Waals surface area contributed by atoms with Crippen LogP contribution in [0.2, 0.25) is 0 Å². The first-order valence-electron chi connectivity index (χ1n) is 32.9. The van der Waals surface area contributed by atoms with E-state index in [1.54, 1.807) is 0 Å². The fourth-order valence-electron chi connectivity index (χ4n) is 8.19. The third-order valence-electron chi connectivity index (χ3n) is 13.1. The number of hydrogen-bond acceptors (Lipinski definition) is 8. The van der Waals surface area contributed by atoms with Crippen LogP contribution in [0, 0.1) is 0 Å². The highest BCUT2D eigenvalue weighted by molar-refractivity contribution is 5.70. The maximum absolute atomic E-state index is 12.9. The summed E-state index contributed by atoms with van der Waals surface area (Å²) >= 11 is 0. The van der Waals surface area contributed by atoms with Gasteiger partial charge in [-0.2, -0.15) is 0 Å². The number of carboxylic acid groups (broad SMARTS) is 1. The molecule has 0 N–H and O–H groups in total. The lowest BCUT2D eigenvalue weighted by molar-refractivity contribution is -0.870. The van der Waals surface area contributed by atoms with E-state index in [4.69, 9.17) is 18.9 Å². The summed E-state index contributed by atoms with van der Waals surface area (Å²) in [5.41, 5.74) is 0. The highest BCUT2D eigenvalue weighted by Gasteiger charge is 2.22. The molecule has 0 amide bonds. The van der Waals surface area contributed by atoms with Gasteiger partial charge < -0.3 is 33.3 Å². The summed E-state index contributed by atoms with van der Waals surface area (Å²) in [6, 6.07) is 0. The number of hydrogen-bond donors (Lipinski definition) is 0. The minimum atomic E-state index is -1.65. The molecule has 0 aromatic carbocycles. The van der Waals surface area contributed by atoms with Gasteiger partial charge in [0.15, 0.2) is 12.4 Å². The van der Waals surface area contributed by atoms with Gasteiger partial charge >= 0.3 is 11.9 Å². The predicted octanol–water partition coefficient (Wildman–Crippen LogP) is 19.1.